The smallest absolute Gasteiger partial charge is 0.147 e. The third-order valence-electron chi connectivity index (χ3n) is 3.41. The van der Waals surface area contributed by atoms with E-state index in [0.29, 0.717) is 5.69 Å². The molecule has 6 nitrogen and oxygen atoms in total. The van der Waals surface area contributed by atoms with Crippen molar-refractivity contribution in [3.63, 3.8) is 0 Å². The summed E-state index contributed by atoms with van der Waals surface area (Å²) < 4.78 is 0. The number of piperazine rings is 1. The standard InChI is InChI=1S/C14H17N5O/c20-11-12-9-15-10-14(17-12)19-7-5-18(6-8-19)13-3-1-2-4-16-13/h1-4,9-10,20H,5-8,11H2. The van der Waals surface area contributed by atoms with E-state index in [1.54, 1.807) is 12.4 Å². The molecule has 2 aromatic rings. The molecule has 0 saturated carbocycles. The summed E-state index contributed by atoms with van der Waals surface area (Å²) in [5.41, 5.74) is 0.606. The van der Waals surface area contributed by atoms with E-state index in [2.05, 4.69) is 24.8 Å². The molecule has 0 unspecified atom stereocenters. The van der Waals surface area contributed by atoms with Gasteiger partial charge >= 0.3 is 0 Å². The van der Waals surface area contributed by atoms with Crippen molar-refractivity contribution in [2.24, 2.45) is 0 Å². The number of aliphatic hydroxyl groups is 1. The number of pyridine rings is 1. The Labute approximate surface area is 117 Å². The van der Waals surface area contributed by atoms with Crippen LogP contribution in [0.25, 0.3) is 0 Å². The number of rotatable bonds is 3. The Hall–Kier alpha value is -2.21. The molecule has 0 spiro atoms. The minimum atomic E-state index is -0.0747. The molecule has 6 heteroatoms. The second kappa shape index (κ2) is 5.83. The number of anilines is 2. The predicted molar refractivity (Wildman–Crippen MR) is 76.6 cm³/mol. The molecule has 0 aromatic carbocycles. The van der Waals surface area contributed by atoms with Crippen LogP contribution < -0.4 is 9.80 Å². The highest BCUT2D eigenvalue weighted by Crippen LogP contribution is 2.16. The van der Waals surface area contributed by atoms with Crippen LogP contribution in [-0.4, -0.2) is 46.2 Å². The van der Waals surface area contributed by atoms with Crippen LogP contribution in [0, 0.1) is 0 Å². The van der Waals surface area contributed by atoms with E-state index in [1.807, 2.05) is 24.4 Å². The van der Waals surface area contributed by atoms with Crippen LogP contribution in [0.3, 0.4) is 0 Å². The van der Waals surface area contributed by atoms with Crippen molar-refractivity contribution in [3.05, 3.63) is 42.5 Å². The molecule has 0 aliphatic carbocycles. The topological polar surface area (TPSA) is 65.4 Å². The molecule has 1 aliphatic heterocycles. The summed E-state index contributed by atoms with van der Waals surface area (Å²) in [6.07, 6.45) is 5.15. The Morgan fingerprint density at radius 2 is 1.75 bits per heavy atom. The minimum Gasteiger partial charge on any atom is -0.390 e. The van der Waals surface area contributed by atoms with E-state index < -0.39 is 0 Å². The third kappa shape index (κ3) is 2.70. The molecule has 2 aromatic heterocycles. The van der Waals surface area contributed by atoms with Crippen molar-refractivity contribution in [2.75, 3.05) is 36.0 Å². The molecule has 20 heavy (non-hydrogen) atoms. The van der Waals surface area contributed by atoms with Crippen LogP contribution in [0.2, 0.25) is 0 Å². The van der Waals surface area contributed by atoms with Gasteiger partial charge in [0.2, 0.25) is 0 Å². The Morgan fingerprint density at radius 1 is 1.00 bits per heavy atom. The molecular formula is C14H17N5O. The van der Waals surface area contributed by atoms with Gasteiger partial charge in [0.1, 0.15) is 11.6 Å². The lowest BCUT2D eigenvalue weighted by molar-refractivity contribution is 0.276. The fourth-order valence-corrected chi connectivity index (χ4v) is 2.33. The fraction of sp³-hybridized carbons (Fsp3) is 0.357. The molecule has 3 heterocycles. The molecule has 1 aliphatic rings. The van der Waals surface area contributed by atoms with Crippen LogP contribution in [0.1, 0.15) is 5.69 Å². The number of aliphatic hydroxyl groups excluding tert-OH is 1. The van der Waals surface area contributed by atoms with E-state index >= 15 is 0 Å². The number of hydrogen-bond donors (Lipinski definition) is 1. The van der Waals surface area contributed by atoms with Gasteiger partial charge in [-0.25, -0.2) is 9.97 Å². The van der Waals surface area contributed by atoms with E-state index in [1.165, 1.54) is 0 Å². The van der Waals surface area contributed by atoms with Crippen LogP contribution >= 0.6 is 0 Å². The minimum absolute atomic E-state index is 0.0747. The molecule has 0 atom stereocenters. The SMILES string of the molecule is OCc1cncc(N2CCN(c3ccccn3)CC2)n1. The summed E-state index contributed by atoms with van der Waals surface area (Å²) in [6, 6.07) is 5.96. The monoisotopic (exact) mass is 271 g/mol. The van der Waals surface area contributed by atoms with Gasteiger partial charge in [-0.2, -0.15) is 0 Å². The summed E-state index contributed by atoms with van der Waals surface area (Å²) in [4.78, 5) is 17.3. The van der Waals surface area contributed by atoms with Crippen LogP contribution in [0.15, 0.2) is 36.8 Å². The second-order valence-corrected chi connectivity index (χ2v) is 4.69. The number of nitrogens with zero attached hydrogens (tertiary/aromatic N) is 5. The van der Waals surface area contributed by atoms with Crippen LogP contribution in [0.5, 0.6) is 0 Å². The van der Waals surface area contributed by atoms with Crippen molar-refractivity contribution in [1.29, 1.82) is 0 Å². The molecule has 1 N–H and O–H groups in total. The summed E-state index contributed by atoms with van der Waals surface area (Å²) in [5, 5.41) is 9.11. The molecule has 1 saturated heterocycles. The number of hydrogen-bond acceptors (Lipinski definition) is 6. The zero-order valence-electron chi connectivity index (χ0n) is 11.2. The zero-order valence-corrected chi connectivity index (χ0v) is 11.2. The fourth-order valence-electron chi connectivity index (χ4n) is 2.33. The van der Waals surface area contributed by atoms with Crippen molar-refractivity contribution in [2.45, 2.75) is 6.61 Å². The molecule has 0 amide bonds. The Morgan fingerprint density at radius 3 is 2.40 bits per heavy atom. The molecular weight excluding hydrogens is 254 g/mol. The van der Waals surface area contributed by atoms with Gasteiger partial charge in [-0.3, -0.25) is 4.98 Å². The van der Waals surface area contributed by atoms with Gasteiger partial charge in [0, 0.05) is 32.4 Å². The summed E-state index contributed by atoms with van der Waals surface area (Å²) in [7, 11) is 0. The lowest BCUT2D eigenvalue weighted by Crippen LogP contribution is -2.47. The average molecular weight is 271 g/mol. The highest BCUT2D eigenvalue weighted by atomic mass is 16.3. The first kappa shape index (κ1) is 12.8. The third-order valence-corrected chi connectivity index (χ3v) is 3.41. The van der Waals surface area contributed by atoms with E-state index in [0.717, 1.165) is 37.8 Å². The lowest BCUT2D eigenvalue weighted by atomic mass is 10.3. The Balaban J connectivity index is 1.66. The predicted octanol–water partition coefficient (Wildman–Crippen LogP) is 0.690. The quantitative estimate of drug-likeness (QED) is 0.886. The molecule has 104 valence electrons. The van der Waals surface area contributed by atoms with Gasteiger partial charge in [-0.05, 0) is 12.1 Å². The van der Waals surface area contributed by atoms with E-state index in [4.69, 9.17) is 5.11 Å². The molecule has 0 radical (unpaired) electrons. The van der Waals surface area contributed by atoms with E-state index in [9.17, 15) is 0 Å². The van der Waals surface area contributed by atoms with Gasteiger partial charge in [0.15, 0.2) is 0 Å². The molecule has 1 fully saturated rings. The van der Waals surface area contributed by atoms with Gasteiger partial charge in [-0.1, -0.05) is 6.07 Å². The summed E-state index contributed by atoms with van der Waals surface area (Å²) >= 11 is 0. The van der Waals surface area contributed by atoms with Gasteiger partial charge in [0.25, 0.3) is 0 Å². The van der Waals surface area contributed by atoms with Gasteiger partial charge in [-0.15, -0.1) is 0 Å². The molecule has 3 rings (SSSR count). The van der Waals surface area contributed by atoms with Crippen molar-refractivity contribution < 1.29 is 5.11 Å². The highest BCUT2D eigenvalue weighted by molar-refractivity contribution is 5.43. The first-order valence-electron chi connectivity index (χ1n) is 6.69. The first-order valence-corrected chi connectivity index (χ1v) is 6.69. The normalized spacial score (nSPS) is 15.4. The molecule has 0 bridgehead atoms. The summed E-state index contributed by atoms with van der Waals surface area (Å²) in [6.45, 7) is 3.49. The van der Waals surface area contributed by atoms with E-state index in [-0.39, 0.29) is 6.61 Å². The maximum Gasteiger partial charge on any atom is 0.147 e. The maximum absolute atomic E-state index is 9.11. The zero-order chi connectivity index (χ0) is 13.8. The Kier molecular flexibility index (Phi) is 3.73. The van der Waals surface area contributed by atoms with Crippen molar-refractivity contribution in [3.8, 4) is 0 Å². The summed E-state index contributed by atoms with van der Waals surface area (Å²) in [5.74, 6) is 1.85. The van der Waals surface area contributed by atoms with Gasteiger partial charge < -0.3 is 14.9 Å². The largest absolute Gasteiger partial charge is 0.390 e. The van der Waals surface area contributed by atoms with Crippen molar-refractivity contribution in [1.82, 2.24) is 15.0 Å². The number of aromatic nitrogens is 3. The van der Waals surface area contributed by atoms with Gasteiger partial charge in [0.05, 0.1) is 24.7 Å². The van der Waals surface area contributed by atoms with Crippen molar-refractivity contribution >= 4 is 11.6 Å². The highest BCUT2D eigenvalue weighted by Gasteiger charge is 2.19. The van der Waals surface area contributed by atoms with Crippen LogP contribution in [0.4, 0.5) is 11.6 Å². The first-order chi connectivity index (χ1) is 9.86. The Bertz CT molecular complexity index is 555. The lowest BCUT2D eigenvalue weighted by Gasteiger charge is -2.35. The second-order valence-electron chi connectivity index (χ2n) is 4.69. The maximum atomic E-state index is 9.11. The van der Waals surface area contributed by atoms with Crippen LogP contribution in [-0.2, 0) is 6.61 Å². The average Bonchev–Trinajstić information content (AvgIpc) is 2.56.